The number of rotatable bonds is 4. The van der Waals surface area contributed by atoms with Crippen molar-refractivity contribution in [2.24, 2.45) is 0 Å². The molecule has 4 rings (SSSR count). The van der Waals surface area contributed by atoms with E-state index in [9.17, 15) is 0 Å². The van der Waals surface area contributed by atoms with Gasteiger partial charge in [0.15, 0.2) is 5.13 Å². The predicted molar refractivity (Wildman–Crippen MR) is 98.2 cm³/mol. The van der Waals surface area contributed by atoms with E-state index in [1.54, 1.807) is 18.4 Å². The van der Waals surface area contributed by atoms with E-state index in [2.05, 4.69) is 20.5 Å². The van der Waals surface area contributed by atoms with Crippen molar-refractivity contribution in [2.75, 3.05) is 12.4 Å². The summed E-state index contributed by atoms with van der Waals surface area (Å²) in [4.78, 5) is 4.59. The normalized spacial score (nSPS) is 10.9. The van der Waals surface area contributed by atoms with Crippen molar-refractivity contribution in [1.82, 2.24) is 19.7 Å². The molecule has 0 bridgehead atoms. The summed E-state index contributed by atoms with van der Waals surface area (Å²) in [5.41, 5.74) is 1.81. The number of hydrogen-bond donors (Lipinski definition) is 2. The van der Waals surface area contributed by atoms with Gasteiger partial charge in [0.2, 0.25) is 10.7 Å². The highest BCUT2D eigenvalue weighted by molar-refractivity contribution is 7.71. The number of H-pyrrole nitrogens is 1. The molecule has 4 aromatic rings. The maximum atomic E-state index is 5.34. The van der Waals surface area contributed by atoms with Crippen LogP contribution < -0.4 is 10.1 Å². The van der Waals surface area contributed by atoms with Crippen LogP contribution in [0.2, 0.25) is 0 Å². The molecule has 6 nitrogen and oxygen atoms in total. The van der Waals surface area contributed by atoms with Crippen LogP contribution in [0.5, 0.6) is 5.75 Å². The first-order chi connectivity index (χ1) is 11.7. The predicted octanol–water partition coefficient (Wildman–Crippen LogP) is 4.29. The van der Waals surface area contributed by atoms with Crippen molar-refractivity contribution >= 4 is 44.9 Å². The molecule has 24 heavy (non-hydrogen) atoms. The molecule has 0 atom stereocenters. The Morgan fingerprint density at radius 1 is 1.21 bits per heavy atom. The van der Waals surface area contributed by atoms with Gasteiger partial charge in [-0.25, -0.2) is 10.1 Å². The van der Waals surface area contributed by atoms with Crippen LogP contribution in [-0.2, 0) is 0 Å². The van der Waals surface area contributed by atoms with E-state index in [1.165, 1.54) is 0 Å². The molecule has 0 aliphatic carbocycles. The summed E-state index contributed by atoms with van der Waals surface area (Å²) in [6.45, 7) is 0. The van der Waals surface area contributed by atoms with Gasteiger partial charge in [0.25, 0.3) is 0 Å². The molecule has 2 aromatic carbocycles. The van der Waals surface area contributed by atoms with E-state index in [0.717, 1.165) is 26.8 Å². The number of para-hydroxylation sites is 1. The highest BCUT2D eigenvalue weighted by Gasteiger charge is 2.11. The molecule has 0 fully saturated rings. The maximum Gasteiger partial charge on any atom is 0.234 e. The average molecular weight is 355 g/mol. The van der Waals surface area contributed by atoms with E-state index in [0.29, 0.717) is 10.7 Å². The lowest BCUT2D eigenvalue weighted by Crippen LogP contribution is -2.01. The van der Waals surface area contributed by atoms with Crippen LogP contribution in [0.1, 0.15) is 0 Å². The van der Waals surface area contributed by atoms with Gasteiger partial charge in [-0.3, -0.25) is 9.88 Å². The number of anilines is 2. The van der Waals surface area contributed by atoms with Crippen molar-refractivity contribution in [1.29, 1.82) is 0 Å². The number of fused-ring (bicyclic) bond motifs is 1. The summed E-state index contributed by atoms with van der Waals surface area (Å²) in [5, 5.41) is 11.1. The van der Waals surface area contributed by atoms with Crippen LogP contribution in [-0.4, -0.2) is 26.9 Å². The van der Waals surface area contributed by atoms with E-state index in [-0.39, 0.29) is 0 Å². The van der Waals surface area contributed by atoms with Gasteiger partial charge >= 0.3 is 0 Å². The molecule has 0 saturated carbocycles. The first kappa shape index (κ1) is 14.9. The Morgan fingerprint density at radius 2 is 2.04 bits per heavy atom. The van der Waals surface area contributed by atoms with Crippen LogP contribution in [0.3, 0.4) is 0 Å². The molecule has 120 valence electrons. The second-order valence-corrected chi connectivity index (χ2v) is 6.42. The fraction of sp³-hybridized carbons (Fsp3) is 0.0625. The third kappa shape index (κ3) is 2.66. The Hall–Kier alpha value is -2.71. The number of methoxy groups -OCH3 is 1. The number of hydrogen-bond acceptors (Lipinski definition) is 6. The van der Waals surface area contributed by atoms with Crippen molar-refractivity contribution in [3.8, 4) is 11.4 Å². The van der Waals surface area contributed by atoms with Crippen LogP contribution >= 0.6 is 23.6 Å². The number of nitrogens with zero attached hydrogens (tertiary/aromatic N) is 3. The topological polar surface area (TPSA) is 67.8 Å². The molecule has 2 heterocycles. The van der Waals surface area contributed by atoms with Gasteiger partial charge in [-0.05, 0) is 36.5 Å². The monoisotopic (exact) mass is 355 g/mol. The number of nitrogens with one attached hydrogen (secondary N) is 2. The van der Waals surface area contributed by atoms with Gasteiger partial charge < -0.3 is 4.74 Å². The highest BCUT2D eigenvalue weighted by atomic mass is 32.1. The second kappa shape index (κ2) is 6.06. The van der Waals surface area contributed by atoms with Crippen molar-refractivity contribution in [3.05, 3.63) is 53.3 Å². The number of aromatic amines is 1. The van der Waals surface area contributed by atoms with Crippen molar-refractivity contribution in [2.45, 2.75) is 0 Å². The van der Waals surface area contributed by atoms with Gasteiger partial charge in [0, 0.05) is 6.07 Å². The van der Waals surface area contributed by atoms with E-state index >= 15 is 0 Å². The fourth-order valence-electron chi connectivity index (χ4n) is 2.38. The standard InChI is InChI=1S/C16H13N5OS2/c1-22-11-7-8-13-12(9-11)17-15(24-13)18-14-19-20-16(23)21(14)10-5-3-2-4-6-10/h2-9H,1H3,(H,20,23)(H,17,18,19). The van der Waals surface area contributed by atoms with Crippen LogP contribution in [0, 0.1) is 4.77 Å². The second-order valence-electron chi connectivity index (χ2n) is 5.00. The molecule has 8 heteroatoms. The Bertz CT molecular complexity index is 1050. The van der Waals surface area contributed by atoms with Gasteiger partial charge in [-0.1, -0.05) is 29.5 Å². The minimum Gasteiger partial charge on any atom is -0.497 e. The van der Waals surface area contributed by atoms with E-state index in [1.807, 2.05) is 53.1 Å². The minimum atomic E-state index is 0.520. The van der Waals surface area contributed by atoms with E-state index in [4.69, 9.17) is 17.0 Å². The van der Waals surface area contributed by atoms with Crippen LogP contribution in [0.4, 0.5) is 11.1 Å². The molecule has 0 saturated heterocycles. The molecular weight excluding hydrogens is 342 g/mol. The Labute approximate surface area is 146 Å². The van der Waals surface area contributed by atoms with Gasteiger partial charge in [0.05, 0.1) is 23.0 Å². The largest absolute Gasteiger partial charge is 0.497 e. The zero-order valence-electron chi connectivity index (χ0n) is 12.7. The zero-order valence-corrected chi connectivity index (χ0v) is 14.3. The molecule has 0 unspecified atom stereocenters. The number of benzene rings is 2. The summed E-state index contributed by atoms with van der Waals surface area (Å²) in [6.07, 6.45) is 0. The lowest BCUT2D eigenvalue weighted by molar-refractivity contribution is 0.415. The quantitative estimate of drug-likeness (QED) is 0.535. The molecular formula is C16H13N5OS2. The van der Waals surface area contributed by atoms with Gasteiger partial charge in [-0.15, -0.1) is 5.10 Å². The van der Waals surface area contributed by atoms with Crippen molar-refractivity contribution in [3.63, 3.8) is 0 Å². The first-order valence-electron chi connectivity index (χ1n) is 7.19. The first-order valence-corrected chi connectivity index (χ1v) is 8.41. The number of ether oxygens (including phenoxy) is 1. The Morgan fingerprint density at radius 3 is 2.83 bits per heavy atom. The third-order valence-electron chi connectivity index (χ3n) is 3.50. The molecule has 0 radical (unpaired) electrons. The molecule has 0 aliphatic rings. The maximum absolute atomic E-state index is 5.34. The third-order valence-corrected chi connectivity index (χ3v) is 4.73. The number of thiazole rings is 1. The van der Waals surface area contributed by atoms with Gasteiger partial charge in [-0.2, -0.15) is 0 Å². The minimum absolute atomic E-state index is 0.520. The summed E-state index contributed by atoms with van der Waals surface area (Å²) >= 11 is 6.89. The molecule has 0 aliphatic heterocycles. The fourth-order valence-corrected chi connectivity index (χ4v) is 3.46. The Kier molecular flexibility index (Phi) is 3.75. The smallest absolute Gasteiger partial charge is 0.234 e. The van der Waals surface area contributed by atoms with Crippen LogP contribution in [0.15, 0.2) is 48.5 Å². The molecule has 2 aromatic heterocycles. The summed E-state index contributed by atoms with van der Waals surface area (Å²) < 4.78 is 8.66. The summed E-state index contributed by atoms with van der Waals surface area (Å²) in [7, 11) is 1.64. The Balaban J connectivity index is 1.73. The highest BCUT2D eigenvalue weighted by Crippen LogP contribution is 2.30. The lowest BCUT2D eigenvalue weighted by atomic mass is 10.3. The number of aromatic nitrogens is 4. The van der Waals surface area contributed by atoms with Crippen molar-refractivity contribution < 1.29 is 4.74 Å². The van der Waals surface area contributed by atoms with E-state index < -0.39 is 0 Å². The molecule has 2 N–H and O–H groups in total. The lowest BCUT2D eigenvalue weighted by Gasteiger charge is -2.06. The van der Waals surface area contributed by atoms with Gasteiger partial charge in [0.1, 0.15) is 5.75 Å². The summed E-state index contributed by atoms with van der Waals surface area (Å²) in [6, 6.07) is 15.6. The molecule has 0 amide bonds. The molecule has 0 spiro atoms. The van der Waals surface area contributed by atoms with Crippen LogP contribution in [0.25, 0.3) is 15.9 Å². The average Bonchev–Trinajstić information content (AvgIpc) is 3.18. The SMILES string of the molecule is COc1ccc2sc(Nc3n[nH]c(=S)n3-c3ccccc3)nc2c1. The summed E-state index contributed by atoms with van der Waals surface area (Å²) in [5.74, 6) is 1.38. The zero-order chi connectivity index (χ0) is 16.5.